The summed E-state index contributed by atoms with van der Waals surface area (Å²) >= 11 is 1.65. The zero-order valence-electron chi connectivity index (χ0n) is 9.18. The van der Waals surface area contributed by atoms with E-state index in [1.165, 1.54) is 0 Å². The molecular weight excluding hydrogens is 222 g/mol. The van der Waals surface area contributed by atoms with Gasteiger partial charge in [0.15, 0.2) is 5.82 Å². The summed E-state index contributed by atoms with van der Waals surface area (Å²) in [6, 6.07) is 7.71. The van der Waals surface area contributed by atoms with Gasteiger partial charge < -0.3 is 10.3 Å². The Morgan fingerprint density at radius 1 is 1.38 bits per heavy atom. The van der Waals surface area contributed by atoms with Crippen molar-refractivity contribution in [3.05, 3.63) is 30.1 Å². The van der Waals surface area contributed by atoms with Crippen molar-refractivity contribution in [2.75, 3.05) is 6.26 Å². The van der Waals surface area contributed by atoms with Crippen molar-refractivity contribution in [2.24, 2.45) is 5.73 Å². The fourth-order valence-corrected chi connectivity index (χ4v) is 1.94. The van der Waals surface area contributed by atoms with Crippen LogP contribution in [0.1, 0.15) is 18.8 Å². The highest BCUT2D eigenvalue weighted by Gasteiger charge is 2.13. The third kappa shape index (κ3) is 2.10. The number of hydrogen-bond donors (Lipinski definition) is 1. The molecule has 0 radical (unpaired) electrons. The molecule has 5 heteroatoms. The van der Waals surface area contributed by atoms with E-state index in [0.717, 1.165) is 10.5 Å². The minimum atomic E-state index is -0.209. The van der Waals surface area contributed by atoms with E-state index in [1.54, 1.807) is 11.8 Å². The lowest BCUT2D eigenvalue weighted by molar-refractivity contribution is 0.417. The van der Waals surface area contributed by atoms with E-state index in [2.05, 4.69) is 10.1 Å². The zero-order valence-corrected chi connectivity index (χ0v) is 9.99. The predicted octanol–water partition coefficient (Wildman–Crippen LogP) is 2.48. The van der Waals surface area contributed by atoms with Gasteiger partial charge in [0.25, 0.3) is 5.89 Å². The van der Waals surface area contributed by atoms with Crippen molar-refractivity contribution in [1.29, 1.82) is 0 Å². The summed E-state index contributed by atoms with van der Waals surface area (Å²) in [7, 11) is 0. The highest BCUT2D eigenvalue weighted by Crippen LogP contribution is 2.28. The molecule has 4 nitrogen and oxygen atoms in total. The summed E-state index contributed by atoms with van der Waals surface area (Å²) in [6.07, 6.45) is 2.02. The zero-order chi connectivity index (χ0) is 11.5. The molecule has 0 amide bonds. The van der Waals surface area contributed by atoms with E-state index in [-0.39, 0.29) is 6.04 Å². The first-order valence-electron chi connectivity index (χ1n) is 4.95. The molecule has 0 spiro atoms. The first-order valence-corrected chi connectivity index (χ1v) is 6.17. The van der Waals surface area contributed by atoms with Crippen LogP contribution in [0.4, 0.5) is 0 Å². The van der Waals surface area contributed by atoms with Crippen LogP contribution in [-0.2, 0) is 0 Å². The second-order valence-corrected chi connectivity index (χ2v) is 4.29. The second-order valence-electron chi connectivity index (χ2n) is 3.45. The summed E-state index contributed by atoms with van der Waals surface area (Å²) in [4.78, 5) is 5.39. The summed E-state index contributed by atoms with van der Waals surface area (Å²) in [5, 5.41) is 3.85. The van der Waals surface area contributed by atoms with Crippen LogP contribution >= 0.6 is 11.8 Å². The van der Waals surface area contributed by atoms with Gasteiger partial charge in [0.05, 0.1) is 11.6 Å². The quantitative estimate of drug-likeness (QED) is 0.828. The number of nitrogens with zero attached hydrogens (tertiary/aromatic N) is 2. The molecule has 16 heavy (non-hydrogen) atoms. The lowest BCUT2D eigenvalue weighted by atomic mass is 10.2. The molecule has 84 valence electrons. The maximum Gasteiger partial charge on any atom is 0.259 e. The summed E-state index contributed by atoms with van der Waals surface area (Å²) in [5.74, 6) is 1.06. The van der Waals surface area contributed by atoms with Crippen LogP contribution in [0.3, 0.4) is 0 Å². The SMILES string of the molecule is CSc1ccccc1-c1nc(C(C)N)no1. The van der Waals surface area contributed by atoms with Gasteiger partial charge in [-0.3, -0.25) is 0 Å². The molecule has 0 aliphatic heterocycles. The monoisotopic (exact) mass is 235 g/mol. The molecule has 1 aromatic heterocycles. The third-order valence-corrected chi connectivity index (χ3v) is 2.98. The Kier molecular flexibility index (Phi) is 3.26. The third-order valence-electron chi connectivity index (χ3n) is 2.19. The summed E-state index contributed by atoms with van der Waals surface area (Å²) in [5.41, 5.74) is 6.64. The fraction of sp³-hybridized carbons (Fsp3) is 0.273. The molecule has 2 rings (SSSR count). The average Bonchev–Trinajstić information content (AvgIpc) is 2.78. The highest BCUT2D eigenvalue weighted by atomic mass is 32.2. The first kappa shape index (κ1) is 11.2. The van der Waals surface area contributed by atoms with Crippen LogP contribution in [0.15, 0.2) is 33.7 Å². The van der Waals surface area contributed by atoms with E-state index >= 15 is 0 Å². The van der Waals surface area contributed by atoms with Crippen LogP contribution in [0, 0.1) is 0 Å². The maximum absolute atomic E-state index is 5.69. The average molecular weight is 235 g/mol. The van der Waals surface area contributed by atoms with Gasteiger partial charge in [0, 0.05) is 4.90 Å². The summed E-state index contributed by atoms with van der Waals surface area (Å²) in [6.45, 7) is 1.83. The molecule has 1 unspecified atom stereocenters. The Hall–Kier alpha value is -1.33. The standard InChI is InChI=1S/C11H13N3OS/c1-7(12)10-13-11(15-14-10)8-5-3-4-6-9(8)16-2/h3-7H,12H2,1-2H3. The van der Waals surface area contributed by atoms with E-state index in [1.807, 2.05) is 37.4 Å². The highest BCUT2D eigenvalue weighted by molar-refractivity contribution is 7.98. The molecule has 0 bridgehead atoms. The smallest absolute Gasteiger partial charge is 0.259 e. The van der Waals surface area contributed by atoms with Gasteiger partial charge in [-0.15, -0.1) is 11.8 Å². The largest absolute Gasteiger partial charge is 0.334 e. The lowest BCUT2D eigenvalue weighted by Crippen LogP contribution is -2.06. The van der Waals surface area contributed by atoms with Crippen molar-refractivity contribution < 1.29 is 4.52 Å². The van der Waals surface area contributed by atoms with Gasteiger partial charge in [0.2, 0.25) is 0 Å². The number of nitrogens with two attached hydrogens (primary N) is 1. The predicted molar refractivity (Wildman–Crippen MR) is 64.1 cm³/mol. The van der Waals surface area contributed by atoms with Crippen LogP contribution in [0.2, 0.25) is 0 Å². The molecule has 1 atom stereocenters. The van der Waals surface area contributed by atoms with E-state index in [4.69, 9.17) is 10.3 Å². The Morgan fingerprint density at radius 2 is 2.12 bits per heavy atom. The van der Waals surface area contributed by atoms with Gasteiger partial charge in [-0.2, -0.15) is 4.98 Å². The van der Waals surface area contributed by atoms with Crippen molar-refractivity contribution >= 4 is 11.8 Å². The molecule has 1 aromatic carbocycles. The van der Waals surface area contributed by atoms with Crippen LogP contribution in [0.25, 0.3) is 11.5 Å². The second kappa shape index (κ2) is 4.67. The Balaban J connectivity index is 2.42. The molecule has 2 aromatic rings. The Labute approximate surface area is 98.2 Å². The van der Waals surface area contributed by atoms with E-state index in [0.29, 0.717) is 11.7 Å². The van der Waals surface area contributed by atoms with Crippen molar-refractivity contribution in [3.63, 3.8) is 0 Å². The molecule has 0 fully saturated rings. The minimum Gasteiger partial charge on any atom is -0.334 e. The van der Waals surface area contributed by atoms with Crippen molar-refractivity contribution in [1.82, 2.24) is 10.1 Å². The fourth-order valence-electron chi connectivity index (χ4n) is 1.35. The van der Waals surface area contributed by atoms with Gasteiger partial charge in [-0.25, -0.2) is 0 Å². The number of thioether (sulfide) groups is 1. The van der Waals surface area contributed by atoms with Gasteiger partial charge in [0.1, 0.15) is 0 Å². The van der Waals surface area contributed by atoms with Crippen LogP contribution in [-0.4, -0.2) is 16.4 Å². The van der Waals surface area contributed by atoms with Gasteiger partial charge in [-0.05, 0) is 25.3 Å². The van der Waals surface area contributed by atoms with E-state index < -0.39 is 0 Å². The first-order chi connectivity index (χ1) is 7.72. The van der Waals surface area contributed by atoms with Crippen LogP contribution < -0.4 is 5.73 Å². The van der Waals surface area contributed by atoms with Crippen LogP contribution in [0.5, 0.6) is 0 Å². The minimum absolute atomic E-state index is 0.209. The Bertz CT molecular complexity index is 482. The normalized spacial score (nSPS) is 12.7. The molecule has 0 aliphatic carbocycles. The topological polar surface area (TPSA) is 64.9 Å². The maximum atomic E-state index is 5.69. The number of hydrogen-bond acceptors (Lipinski definition) is 5. The summed E-state index contributed by atoms with van der Waals surface area (Å²) < 4.78 is 5.20. The van der Waals surface area contributed by atoms with E-state index in [9.17, 15) is 0 Å². The number of aromatic nitrogens is 2. The van der Waals surface area contributed by atoms with Crippen molar-refractivity contribution in [3.8, 4) is 11.5 Å². The van der Waals surface area contributed by atoms with Gasteiger partial charge in [-0.1, -0.05) is 17.3 Å². The number of benzene rings is 1. The number of rotatable bonds is 3. The molecule has 2 N–H and O–H groups in total. The Morgan fingerprint density at radius 3 is 2.75 bits per heavy atom. The molecular formula is C11H13N3OS. The molecule has 0 aliphatic rings. The van der Waals surface area contributed by atoms with Gasteiger partial charge >= 0.3 is 0 Å². The molecule has 0 saturated carbocycles. The lowest BCUT2D eigenvalue weighted by Gasteiger charge is -2.01. The molecule has 0 saturated heterocycles. The van der Waals surface area contributed by atoms with Crippen molar-refractivity contribution in [2.45, 2.75) is 17.9 Å². The molecule has 1 heterocycles.